The Balaban J connectivity index is 2.26. The van der Waals surface area contributed by atoms with Gasteiger partial charge in [0, 0.05) is 16.2 Å². The molecule has 2 aromatic rings. The summed E-state index contributed by atoms with van der Waals surface area (Å²) in [6.45, 7) is 3.72. The lowest BCUT2D eigenvalue weighted by atomic mass is 9.95. The summed E-state index contributed by atoms with van der Waals surface area (Å²) >= 11 is 1.55. The number of halogens is 1. The zero-order valence-electron chi connectivity index (χ0n) is 9.90. The molecule has 0 aliphatic carbocycles. The van der Waals surface area contributed by atoms with Gasteiger partial charge in [-0.3, -0.25) is 0 Å². The zero-order chi connectivity index (χ0) is 12.5. The lowest BCUT2D eigenvalue weighted by Crippen LogP contribution is -2.23. The van der Waals surface area contributed by atoms with Crippen LogP contribution in [0.15, 0.2) is 36.4 Å². The van der Waals surface area contributed by atoms with E-state index in [1.165, 1.54) is 6.07 Å². The molecule has 0 radical (unpaired) electrons. The Kier molecular flexibility index (Phi) is 3.31. The van der Waals surface area contributed by atoms with E-state index < -0.39 is 5.60 Å². The van der Waals surface area contributed by atoms with Crippen LogP contribution in [0.1, 0.15) is 22.2 Å². The molecule has 3 heteroatoms. The maximum absolute atomic E-state index is 13.5. The molecule has 0 bridgehead atoms. The molecular formula is C14H15FOS. The molecule has 1 N–H and O–H groups in total. The Morgan fingerprint density at radius 1 is 1.24 bits per heavy atom. The summed E-state index contributed by atoms with van der Waals surface area (Å²) < 4.78 is 13.5. The highest BCUT2D eigenvalue weighted by Crippen LogP contribution is 2.31. The number of aryl methyl sites for hydroxylation is 1. The van der Waals surface area contributed by atoms with Gasteiger partial charge in [0.25, 0.3) is 0 Å². The maximum atomic E-state index is 13.5. The Morgan fingerprint density at radius 3 is 2.53 bits per heavy atom. The third-order valence-corrected chi connectivity index (χ3v) is 4.02. The van der Waals surface area contributed by atoms with Crippen LogP contribution >= 0.6 is 11.3 Å². The molecular weight excluding hydrogens is 235 g/mol. The predicted octanol–water partition coefficient (Wildman–Crippen LogP) is 3.65. The van der Waals surface area contributed by atoms with Gasteiger partial charge in [0.15, 0.2) is 0 Å². The van der Waals surface area contributed by atoms with E-state index in [4.69, 9.17) is 0 Å². The summed E-state index contributed by atoms with van der Waals surface area (Å²) in [6.07, 6.45) is 0.291. The second-order valence-electron chi connectivity index (χ2n) is 4.45. The standard InChI is InChI=1S/C14H15FOS/c1-10-7-8-13(17-10)14(2,16)9-11-5-3-4-6-12(11)15/h3-8,16H,9H2,1-2H3. The molecule has 0 fully saturated rings. The van der Waals surface area contributed by atoms with Crippen LogP contribution in [0.2, 0.25) is 0 Å². The van der Waals surface area contributed by atoms with Crippen LogP contribution in [-0.4, -0.2) is 5.11 Å². The highest BCUT2D eigenvalue weighted by atomic mass is 32.1. The van der Waals surface area contributed by atoms with Crippen molar-refractivity contribution in [3.8, 4) is 0 Å². The highest BCUT2D eigenvalue weighted by molar-refractivity contribution is 7.12. The molecule has 2 rings (SSSR count). The number of hydrogen-bond acceptors (Lipinski definition) is 2. The van der Waals surface area contributed by atoms with E-state index in [2.05, 4.69) is 0 Å². The summed E-state index contributed by atoms with van der Waals surface area (Å²) in [6, 6.07) is 10.4. The fourth-order valence-corrected chi connectivity index (χ4v) is 2.73. The van der Waals surface area contributed by atoms with Crippen molar-refractivity contribution in [2.45, 2.75) is 25.9 Å². The summed E-state index contributed by atoms with van der Waals surface area (Å²) in [7, 11) is 0. The molecule has 0 amide bonds. The third-order valence-electron chi connectivity index (χ3n) is 2.76. The van der Waals surface area contributed by atoms with E-state index in [0.29, 0.717) is 12.0 Å². The SMILES string of the molecule is Cc1ccc(C(C)(O)Cc2ccccc2F)s1. The first kappa shape index (κ1) is 12.3. The second-order valence-corrected chi connectivity index (χ2v) is 5.74. The number of thiophene rings is 1. The molecule has 0 saturated heterocycles. The van der Waals surface area contributed by atoms with Gasteiger partial charge in [-0.1, -0.05) is 18.2 Å². The van der Waals surface area contributed by atoms with Crippen molar-refractivity contribution in [1.29, 1.82) is 0 Å². The first-order chi connectivity index (χ1) is 7.99. The van der Waals surface area contributed by atoms with Gasteiger partial charge in [-0.05, 0) is 37.6 Å². The first-order valence-electron chi connectivity index (χ1n) is 5.52. The van der Waals surface area contributed by atoms with Crippen LogP contribution in [0, 0.1) is 12.7 Å². The Bertz CT molecular complexity index is 516. The third kappa shape index (κ3) is 2.73. The van der Waals surface area contributed by atoms with E-state index in [-0.39, 0.29) is 5.82 Å². The maximum Gasteiger partial charge on any atom is 0.126 e. The average molecular weight is 250 g/mol. The molecule has 1 heterocycles. The molecule has 1 unspecified atom stereocenters. The Morgan fingerprint density at radius 2 is 1.94 bits per heavy atom. The Labute approximate surface area is 105 Å². The minimum absolute atomic E-state index is 0.263. The minimum Gasteiger partial charge on any atom is -0.384 e. The van der Waals surface area contributed by atoms with E-state index in [0.717, 1.165) is 9.75 Å². The molecule has 0 aliphatic heterocycles. The molecule has 1 aromatic carbocycles. The summed E-state index contributed by atoms with van der Waals surface area (Å²) in [5, 5.41) is 10.4. The van der Waals surface area contributed by atoms with Gasteiger partial charge < -0.3 is 5.11 Å². The van der Waals surface area contributed by atoms with Crippen molar-refractivity contribution >= 4 is 11.3 Å². The van der Waals surface area contributed by atoms with Gasteiger partial charge in [0.1, 0.15) is 11.4 Å². The van der Waals surface area contributed by atoms with Crippen LogP contribution < -0.4 is 0 Å². The molecule has 1 nitrogen and oxygen atoms in total. The first-order valence-corrected chi connectivity index (χ1v) is 6.33. The largest absolute Gasteiger partial charge is 0.384 e. The van der Waals surface area contributed by atoms with Crippen LogP contribution in [0.5, 0.6) is 0 Å². The van der Waals surface area contributed by atoms with Crippen molar-refractivity contribution in [2.24, 2.45) is 0 Å². The fourth-order valence-electron chi connectivity index (χ4n) is 1.82. The van der Waals surface area contributed by atoms with Crippen LogP contribution in [-0.2, 0) is 12.0 Å². The van der Waals surface area contributed by atoms with E-state index in [9.17, 15) is 9.50 Å². The van der Waals surface area contributed by atoms with Gasteiger partial charge in [-0.15, -0.1) is 11.3 Å². The molecule has 1 aromatic heterocycles. The summed E-state index contributed by atoms with van der Waals surface area (Å²) in [5.41, 5.74) is -0.468. The van der Waals surface area contributed by atoms with E-state index >= 15 is 0 Å². The normalized spacial score (nSPS) is 14.6. The van der Waals surface area contributed by atoms with Gasteiger partial charge in [0.05, 0.1) is 0 Å². The molecule has 1 atom stereocenters. The second kappa shape index (κ2) is 4.59. The van der Waals surface area contributed by atoms with Crippen LogP contribution in [0.3, 0.4) is 0 Å². The quantitative estimate of drug-likeness (QED) is 0.881. The topological polar surface area (TPSA) is 20.2 Å². The van der Waals surface area contributed by atoms with Gasteiger partial charge in [-0.25, -0.2) is 4.39 Å². The van der Waals surface area contributed by atoms with Crippen molar-refractivity contribution in [3.63, 3.8) is 0 Å². The summed E-state index contributed by atoms with van der Waals surface area (Å²) in [4.78, 5) is 2.02. The number of rotatable bonds is 3. The molecule has 0 spiro atoms. The van der Waals surface area contributed by atoms with Crippen LogP contribution in [0.25, 0.3) is 0 Å². The number of hydrogen-bond donors (Lipinski definition) is 1. The van der Waals surface area contributed by atoms with Crippen molar-refractivity contribution in [2.75, 3.05) is 0 Å². The monoisotopic (exact) mass is 250 g/mol. The predicted molar refractivity (Wildman–Crippen MR) is 68.7 cm³/mol. The van der Waals surface area contributed by atoms with Gasteiger partial charge >= 0.3 is 0 Å². The average Bonchev–Trinajstić information content (AvgIpc) is 2.69. The molecule has 90 valence electrons. The minimum atomic E-state index is -1.01. The molecule has 0 aliphatic rings. The van der Waals surface area contributed by atoms with Crippen molar-refractivity contribution in [1.82, 2.24) is 0 Å². The lowest BCUT2D eigenvalue weighted by Gasteiger charge is -2.22. The summed E-state index contributed by atoms with van der Waals surface area (Å²) in [5.74, 6) is -0.263. The lowest BCUT2D eigenvalue weighted by molar-refractivity contribution is 0.0605. The van der Waals surface area contributed by atoms with Crippen LogP contribution in [0.4, 0.5) is 4.39 Å². The van der Waals surface area contributed by atoms with Gasteiger partial charge in [0.2, 0.25) is 0 Å². The van der Waals surface area contributed by atoms with Crippen molar-refractivity contribution < 1.29 is 9.50 Å². The zero-order valence-corrected chi connectivity index (χ0v) is 10.7. The van der Waals surface area contributed by atoms with Crippen molar-refractivity contribution in [3.05, 3.63) is 57.5 Å². The van der Waals surface area contributed by atoms with E-state index in [1.807, 2.05) is 19.1 Å². The van der Waals surface area contributed by atoms with E-state index in [1.54, 1.807) is 36.5 Å². The number of benzene rings is 1. The van der Waals surface area contributed by atoms with Gasteiger partial charge in [-0.2, -0.15) is 0 Å². The fraction of sp³-hybridized carbons (Fsp3) is 0.286. The Hall–Kier alpha value is -1.19. The smallest absolute Gasteiger partial charge is 0.126 e. The molecule has 0 saturated carbocycles. The number of aliphatic hydroxyl groups is 1. The molecule has 17 heavy (non-hydrogen) atoms. The highest BCUT2D eigenvalue weighted by Gasteiger charge is 2.26.